The fraction of sp³-hybridized carbons (Fsp3) is 0.214. The van der Waals surface area contributed by atoms with Gasteiger partial charge < -0.3 is 4.74 Å². The van der Waals surface area contributed by atoms with Gasteiger partial charge in [-0.25, -0.2) is 4.98 Å². The lowest BCUT2D eigenvalue weighted by atomic mass is 10.00. The summed E-state index contributed by atoms with van der Waals surface area (Å²) in [4.78, 5) is 5.34. The standard InChI is InChI=1S/C14H14N2OS/c1-9-6-11(17-3)7-10(2)13(9)12-8-18-14-15-4-5-16(12)14/h4-8H,1-3H3. The van der Waals surface area contributed by atoms with Gasteiger partial charge in [-0.3, -0.25) is 4.40 Å². The second kappa shape index (κ2) is 4.14. The summed E-state index contributed by atoms with van der Waals surface area (Å²) < 4.78 is 7.44. The van der Waals surface area contributed by atoms with Crippen molar-refractivity contribution in [2.45, 2.75) is 13.8 Å². The van der Waals surface area contributed by atoms with Gasteiger partial charge in [0.25, 0.3) is 0 Å². The Balaban J connectivity index is 2.26. The maximum atomic E-state index is 5.30. The zero-order chi connectivity index (χ0) is 12.7. The average Bonchev–Trinajstić information content (AvgIpc) is 2.92. The molecule has 1 aromatic carbocycles. The molecule has 0 bridgehead atoms. The summed E-state index contributed by atoms with van der Waals surface area (Å²) in [7, 11) is 1.70. The Labute approximate surface area is 110 Å². The normalized spacial score (nSPS) is 11.1. The predicted octanol–water partition coefficient (Wildman–Crippen LogP) is 3.69. The number of thiazole rings is 1. The molecule has 0 fully saturated rings. The lowest BCUT2D eigenvalue weighted by Crippen LogP contribution is -1.93. The molecule has 3 rings (SSSR count). The Hall–Kier alpha value is -1.81. The van der Waals surface area contributed by atoms with Gasteiger partial charge in [0.1, 0.15) is 5.75 Å². The average molecular weight is 258 g/mol. The van der Waals surface area contributed by atoms with E-state index in [0.717, 1.165) is 10.7 Å². The molecule has 0 amide bonds. The Bertz CT molecular complexity index is 688. The van der Waals surface area contributed by atoms with Crippen molar-refractivity contribution < 1.29 is 4.74 Å². The predicted molar refractivity (Wildman–Crippen MR) is 74.5 cm³/mol. The first-order chi connectivity index (χ1) is 8.70. The van der Waals surface area contributed by atoms with Gasteiger partial charge in [-0.15, -0.1) is 11.3 Å². The molecule has 92 valence electrons. The summed E-state index contributed by atoms with van der Waals surface area (Å²) in [6.45, 7) is 4.23. The maximum Gasteiger partial charge on any atom is 0.194 e. The number of hydrogen-bond donors (Lipinski definition) is 0. The van der Waals surface area contributed by atoms with E-state index in [-0.39, 0.29) is 0 Å². The minimum atomic E-state index is 0.908. The summed E-state index contributed by atoms with van der Waals surface area (Å²) in [5.41, 5.74) is 4.91. The third-order valence-corrected chi connectivity index (χ3v) is 3.99. The first-order valence-corrected chi connectivity index (χ1v) is 6.65. The Morgan fingerprint density at radius 1 is 1.22 bits per heavy atom. The molecule has 4 heteroatoms. The van der Waals surface area contributed by atoms with Crippen molar-refractivity contribution in [1.82, 2.24) is 9.38 Å². The zero-order valence-corrected chi connectivity index (χ0v) is 11.4. The van der Waals surface area contributed by atoms with Gasteiger partial charge in [0, 0.05) is 23.3 Å². The SMILES string of the molecule is COc1cc(C)c(-c2csc3nccn23)c(C)c1. The van der Waals surface area contributed by atoms with Crippen LogP contribution in [0.2, 0.25) is 0 Å². The molecule has 0 unspecified atom stereocenters. The van der Waals surface area contributed by atoms with Gasteiger partial charge in [-0.2, -0.15) is 0 Å². The number of fused-ring (bicyclic) bond motifs is 1. The van der Waals surface area contributed by atoms with Crippen molar-refractivity contribution in [3.05, 3.63) is 41.0 Å². The Kier molecular flexibility index (Phi) is 2.59. The van der Waals surface area contributed by atoms with E-state index in [4.69, 9.17) is 4.74 Å². The van der Waals surface area contributed by atoms with Gasteiger partial charge in [0.15, 0.2) is 4.96 Å². The van der Waals surface area contributed by atoms with E-state index >= 15 is 0 Å². The minimum absolute atomic E-state index is 0.908. The molecular formula is C14H14N2OS. The molecule has 0 N–H and O–H groups in total. The summed E-state index contributed by atoms with van der Waals surface area (Å²) in [6, 6.07) is 4.14. The van der Waals surface area contributed by atoms with Crippen molar-refractivity contribution >= 4 is 16.3 Å². The van der Waals surface area contributed by atoms with Crippen LogP contribution in [-0.4, -0.2) is 16.5 Å². The Morgan fingerprint density at radius 3 is 2.61 bits per heavy atom. The number of rotatable bonds is 2. The molecule has 0 aliphatic carbocycles. The second-order valence-electron chi connectivity index (χ2n) is 4.34. The molecule has 0 saturated heterocycles. The number of aromatic nitrogens is 2. The molecule has 0 atom stereocenters. The van der Waals surface area contributed by atoms with Crippen molar-refractivity contribution in [2.75, 3.05) is 7.11 Å². The summed E-state index contributed by atoms with van der Waals surface area (Å²) in [5.74, 6) is 0.908. The molecule has 0 saturated carbocycles. The Morgan fingerprint density at radius 2 is 1.94 bits per heavy atom. The van der Waals surface area contributed by atoms with Crippen LogP contribution in [0.3, 0.4) is 0 Å². The number of methoxy groups -OCH3 is 1. The number of aryl methyl sites for hydroxylation is 2. The monoisotopic (exact) mass is 258 g/mol. The fourth-order valence-corrected chi connectivity index (χ4v) is 3.19. The minimum Gasteiger partial charge on any atom is -0.497 e. The van der Waals surface area contributed by atoms with Gasteiger partial charge in [0.2, 0.25) is 0 Å². The van der Waals surface area contributed by atoms with Crippen molar-refractivity contribution in [3.63, 3.8) is 0 Å². The van der Waals surface area contributed by atoms with Crippen molar-refractivity contribution in [1.29, 1.82) is 0 Å². The highest BCUT2D eigenvalue weighted by atomic mass is 32.1. The highest BCUT2D eigenvalue weighted by Crippen LogP contribution is 2.33. The number of nitrogens with zero attached hydrogens (tertiary/aromatic N) is 2. The second-order valence-corrected chi connectivity index (χ2v) is 5.17. The highest BCUT2D eigenvalue weighted by molar-refractivity contribution is 7.15. The van der Waals surface area contributed by atoms with E-state index in [1.54, 1.807) is 18.4 Å². The van der Waals surface area contributed by atoms with Crippen LogP contribution in [-0.2, 0) is 0 Å². The lowest BCUT2D eigenvalue weighted by molar-refractivity contribution is 0.414. The molecule has 18 heavy (non-hydrogen) atoms. The summed E-state index contributed by atoms with van der Waals surface area (Å²) in [6.07, 6.45) is 3.84. The van der Waals surface area contributed by atoms with Crippen LogP contribution < -0.4 is 4.74 Å². The third kappa shape index (κ3) is 1.61. The van der Waals surface area contributed by atoms with E-state index in [2.05, 4.69) is 40.7 Å². The number of hydrogen-bond acceptors (Lipinski definition) is 3. The maximum absolute atomic E-state index is 5.30. The molecule has 0 spiro atoms. The van der Waals surface area contributed by atoms with Crippen LogP contribution in [0.1, 0.15) is 11.1 Å². The van der Waals surface area contributed by atoms with Crippen molar-refractivity contribution in [3.8, 4) is 17.0 Å². The summed E-state index contributed by atoms with van der Waals surface area (Å²) >= 11 is 1.66. The number of benzene rings is 1. The van der Waals surface area contributed by atoms with Crippen LogP contribution in [0.4, 0.5) is 0 Å². The quantitative estimate of drug-likeness (QED) is 0.701. The molecule has 0 aliphatic heterocycles. The van der Waals surface area contributed by atoms with E-state index < -0.39 is 0 Å². The topological polar surface area (TPSA) is 26.5 Å². The van der Waals surface area contributed by atoms with Crippen LogP contribution in [0.25, 0.3) is 16.2 Å². The van der Waals surface area contributed by atoms with Gasteiger partial charge >= 0.3 is 0 Å². The molecule has 3 aromatic rings. The van der Waals surface area contributed by atoms with E-state index in [9.17, 15) is 0 Å². The van der Waals surface area contributed by atoms with E-state index in [1.807, 2.05) is 12.4 Å². The molecular weight excluding hydrogens is 244 g/mol. The largest absolute Gasteiger partial charge is 0.497 e. The molecule has 0 radical (unpaired) electrons. The zero-order valence-electron chi connectivity index (χ0n) is 10.6. The van der Waals surface area contributed by atoms with Crippen molar-refractivity contribution in [2.24, 2.45) is 0 Å². The van der Waals surface area contributed by atoms with Crippen LogP contribution in [0.5, 0.6) is 5.75 Å². The van der Waals surface area contributed by atoms with Gasteiger partial charge in [-0.05, 0) is 37.1 Å². The molecule has 0 aliphatic rings. The van der Waals surface area contributed by atoms with Gasteiger partial charge in [0.05, 0.1) is 12.8 Å². The van der Waals surface area contributed by atoms with Crippen LogP contribution in [0.15, 0.2) is 29.9 Å². The smallest absolute Gasteiger partial charge is 0.194 e. The van der Waals surface area contributed by atoms with Crippen LogP contribution in [0, 0.1) is 13.8 Å². The van der Waals surface area contributed by atoms with Gasteiger partial charge in [-0.1, -0.05) is 0 Å². The highest BCUT2D eigenvalue weighted by Gasteiger charge is 2.12. The molecule has 3 nitrogen and oxygen atoms in total. The third-order valence-electron chi connectivity index (χ3n) is 3.14. The van der Waals surface area contributed by atoms with E-state index in [0.29, 0.717) is 0 Å². The first-order valence-electron chi connectivity index (χ1n) is 5.77. The fourth-order valence-electron chi connectivity index (χ4n) is 2.35. The molecule has 2 aromatic heterocycles. The van der Waals surface area contributed by atoms with Crippen LogP contribution >= 0.6 is 11.3 Å². The first kappa shape index (κ1) is 11.3. The number of imidazole rings is 1. The van der Waals surface area contributed by atoms with E-state index in [1.165, 1.54) is 22.4 Å². The lowest BCUT2D eigenvalue weighted by Gasteiger charge is -2.11. The molecule has 2 heterocycles. The summed E-state index contributed by atoms with van der Waals surface area (Å²) in [5, 5.41) is 2.16. The number of ether oxygens (including phenoxy) is 1.